The van der Waals surface area contributed by atoms with Crippen LogP contribution in [0.3, 0.4) is 0 Å². The third-order valence-electron chi connectivity index (χ3n) is 5.60. The number of carbonyl (C=O) groups excluding carboxylic acids is 2. The zero-order chi connectivity index (χ0) is 22.9. The van der Waals surface area contributed by atoms with E-state index in [0.29, 0.717) is 12.0 Å². The topological polar surface area (TPSA) is 127 Å². The summed E-state index contributed by atoms with van der Waals surface area (Å²) >= 11 is 0. The van der Waals surface area contributed by atoms with Crippen LogP contribution in [0.15, 0.2) is 23.5 Å². The SMILES string of the molecule is O=C([O-])CCCCCCC/C=C\CCCCCCCCC1=C(O)C(=O)O[C@H]1C(O)CO.[Na+]. The summed E-state index contributed by atoms with van der Waals surface area (Å²) < 4.78 is 4.93. The molecule has 2 atom stereocenters. The zero-order valence-corrected chi connectivity index (χ0v) is 21.6. The number of ether oxygens (including phenoxy) is 1. The quantitative estimate of drug-likeness (QED) is 0.109. The fourth-order valence-electron chi connectivity index (χ4n) is 3.76. The maximum Gasteiger partial charge on any atom is 1.00 e. The number of hydrogen-bond donors (Lipinski definition) is 3. The molecular weight excluding hydrogens is 423 g/mol. The van der Waals surface area contributed by atoms with Gasteiger partial charge in [-0.25, -0.2) is 4.79 Å². The van der Waals surface area contributed by atoms with E-state index in [0.717, 1.165) is 70.6 Å². The van der Waals surface area contributed by atoms with E-state index in [4.69, 9.17) is 9.84 Å². The maximum atomic E-state index is 11.5. The van der Waals surface area contributed by atoms with Crippen molar-refractivity contribution >= 4 is 11.9 Å². The van der Waals surface area contributed by atoms with Crippen molar-refractivity contribution in [3.63, 3.8) is 0 Å². The first-order valence-electron chi connectivity index (χ1n) is 11.7. The Morgan fingerprint density at radius 1 is 0.938 bits per heavy atom. The molecule has 8 heteroatoms. The van der Waals surface area contributed by atoms with E-state index < -0.39 is 36.5 Å². The van der Waals surface area contributed by atoms with Crippen LogP contribution in [-0.2, 0) is 14.3 Å². The van der Waals surface area contributed by atoms with Gasteiger partial charge < -0.3 is 30.0 Å². The van der Waals surface area contributed by atoms with Gasteiger partial charge in [-0.15, -0.1) is 0 Å². The Labute approximate surface area is 214 Å². The predicted molar refractivity (Wildman–Crippen MR) is 116 cm³/mol. The molecule has 0 radical (unpaired) electrons. The van der Waals surface area contributed by atoms with Crippen LogP contribution >= 0.6 is 0 Å². The van der Waals surface area contributed by atoms with E-state index in [9.17, 15) is 24.9 Å². The minimum Gasteiger partial charge on any atom is -0.550 e. The first-order chi connectivity index (χ1) is 15.0. The Morgan fingerprint density at radius 3 is 1.97 bits per heavy atom. The molecule has 3 N–H and O–H groups in total. The number of allylic oxidation sites excluding steroid dienone is 2. The van der Waals surface area contributed by atoms with E-state index in [2.05, 4.69) is 12.2 Å². The Bertz CT molecular complexity index is 589. The van der Waals surface area contributed by atoms with E-state index in [-0.39, 0.29) is 36.0 Å². The van der Waals surface area contributed by atoms with Crippen molar-refractivity contribution in [3.8, 4) is 0 Å². The molecule has 1 unspecified atom stereocenters. The molecule has 1 rings (SSSR count). The molecule has 7 nitrogen and oxygen atoms in total. The number of esters is 1. The van der Waals surface area contributed by atoms with Gasteiger partial charge in [-0.3, -0.25) is 0 Å². The summed E-state index contributed by atoms with van der Waals surface area (Å²) in [5.74, 6) is -2.19. The largest absolute Gasteiger partial charge is 1.00 e. The molecule has 0 aromatic rings. The predicted octanol–water partition coefficient (Wildman–Crippen LogP) is 0.239. The normalized spacial score (nSPS) is 16.9. The van der Waals surface area contributed by atoms with E-state index >= 15 is 0 Å². The molecule has 1 aliphatic rings. The second kappa shape index (κ2) is 19.6. The Hall–Kier alpha value is -0.860. The standard InChI is InChI=1S/C24H40O7.Na/c25-18-20(26)23-19(22(29)24(30)31-23)16-14-12-10-8-6-4-2-1-3-5-7-9-11-13-15-17-21(27)28;/h1,3,20,23,25-26,29H,2,4-18H2,(H,27,28);/q;+1/p-1/b3-1-;/t20?,23-;/m1./s1. The van der Waals surface area contributed by atoms with Gasteiger partial charge in [-0.05, 0) is 51.4 Å². The molecule has 178 valence electrons. The third kappa shape index (κ3) is 13.6. The van der Waals surface area contributed by atoms with Crippen molar-refractivity contribution < 1.29 is 64.3 Å². The molecule has 1 aliphatic heterocycles. The maximum absolute atomic E-state index is 11.5. The van der Waals surface area contributed by atoms with Gasteiger partial charge in [0, 0.05) is 11.5 Å². The number of rotatable bonds is 19. The fraction of sp³-hybridized carbons (Fsp3) is 0.750. The van der Waals surface area contributed by atoms with Crippen LogP contribution < -0.4 is 34.7 Å². The monoisotopic (exact) mass is 462 g/mol. The average molecular weight is 463 g/mol. The molecular formula is C24H39NaO7. The number of aliphatic carboxylic acids is 1. The summed E-state index contributed by atoms with van der Waals surface area (Å²) in [5, 5.41) is 38.9. The number of carboxylic acids is 1. The molecule has 0 saturated carbocycles. The first kappa shape index (κ1) is 31.1. The van der Waals surface area contributed by atoms with Gasteiger partial charge in [0.05, 0.1) is 6.61 Å². The Kier molecular flexibility index (Phi) is 19.1. The summed E-state index contributed by atoms with van der Waals surface area (Å²) in [6.07, 6.45) is 16.6. The van der Waals surface area contributed by atoms with Crippen LogP contribution in [0.25, 0.3) is 0 Å². The van der Waals surface area contributed by atoms with E-state index in [1.165, 1.54) is 12.8 Å². The van der Waals surface area contributed by atoms with Crippen molar-refractivity contribution in [3.05, 3.63) is 23.5 Å². The molecule has 0 fully saturated rings. The van der Waals surface area contributed by atoms with Crippen molar-refractivity contribution in [1.82, 2.24) is 0 Å². The van der Waals surface area contributed by atoms with Crippen molar-refractivity contribution in [1.29, 1.82) is 0 Å². The fourth-order valence-corrected chi connectivity index (χ4v) is 3.76. The van der Waals surface area contributed by atoms with Gasteiger partial charge in [-0.1, -0.05) is 57.1 Å². The van der Waals surface area contributed by atoms with Crippen LogP contribution in [0.4, 0.5) is 0 Å². The molecule has 0 aromatic heterocycles. The second-order valence-electron chi connectivity index (χ2n) is 8.26. The van der Waals surface area contributed by atoms with Gasteiger partial charge in [-0.2, -0.15) is 0 Å². The zero-order valence-electron chi connectivity index (χ0n) is 19.6. The molecule has 0 aliphatic carbocycles. The van der Waals surface area contributed by atoms with E-state index in [1.54, 1.807) is 0 Å². The number of hydrogen-bond acceptors (Lipinski definition) is 7. The van der Waals surface area contributed by atoms with Crippen molar-refractivity contribution in [2.45, 2.75) is 109 Å². The Balaban J connectivity index is 0.00000961. The van der Waals surface area contributed by atoms with Crippen LogP contribution in [0.5, 0.6) is 0 Å². The minimum absolute atomic E-state index is 0. The molecule has 1 heterocycles. The molecule has 0 bridgehead atoms. The van der Waals surface area contributed by atoms with Crippen LogP contribution in [0.1, 0.15) is 96.3 Å². The van der Waals surface area contributed by atoms with Crippen LogP contribution in [0.2, 0.25) is 0 Å². The first-order valence-corrected chi connectivity index (χ1v) is 11.7. The molecule has 0 saturated heterocycles. The summed E-state index contributed by atoms with van der Waals surface area (Å²) in [4.78, 5) is 21.8. The second-order valence-corrected chi connectivity index (χ2v) is 8.26. The summed E-state index contributed by atoms with van der Waals surface area (Å²) in [6, 6.07) is 0. The molecule has 0 spiro atoms. The van der Waals surface area contributed by atoms with Gasteiger partial charge >= 0.3 is 35.5 Å². The number of carboxylic acid groups (broad SMARTS) is 1. The van der Waals surface area contributed by atoms with Crippen molar-refractivity contribution in [2.24, 2.45) is 0 Å². The number of cyclic esters (lactones) is 1. The number of aliphatic hydroxyl groups is 3. The summed E-state index contributed by atoms with van der Waals surface area (Å²) in [5.41, 5.74) is 0.397. The third-order valence-corrected chi connectivity index (χ3v) is 5.60. The van der Waals surface area contributed by atoms with Gasteiger partial charge in [0.25, 0.3) is 0 Å². The number of carbonyl (C=O) groups is 2. The average Bonchev–Trinajstić information content (AvgIpc) is 3.03. The summed E-state index contributed by atoms with van der Waals surface area (Å²) in [6.45, 7) is -0.518. The number of unbranched alkanes of at least 4 members (excludes halogenated alkanes) is 11. The molecule has 32 heavy (non-hydrogen) atoms. The smallest absolute Gasteiger partial charge is 0.550 e. The van der Waals surface area contributed by atoms with Crippen molar-refractivity contribution in [2.75, 3.05) is 6.61 Å². The Morgan fingerprint density at radius 2 is 1.44 bits per heavy atom. The van der Waals surface area contributed by atoms with Gasteiger partial charge in [0.2, 0.25) is 5.76 Å². The number of aliphatic hydroxyl groups excluding tert-OH is 3. The van der Waals surface area contributed by atoms with Crippen LogP contribution in [0, 0.1) is 0 Å². The molecule has 0 amide bonds. The van der Waals surface area contributed by atoms with Gasteiger partial charge in [0.1, 0.15) is 6.10 Å². The van der Waals surface area contributed by atoms with E-state index in [1.807, 2.05) is 0 Å². The van der Waals surface area contributed by atoms with Crippen LogP contribution in [-0.4, -0.2) is 46.1 Å². The minimum atomic E-state index is -1.20. The molecule has 0 aromatic carbocycles. The summed E-state index contributed by atoms with van der Waals surface area (Å²) in [7, 11) is 0. The van der Waals surface area contributed by atoms with Gasteiger partial charge in [0.15, 0.2) is 6.10 Å².